The van der Waals surface area contributed by atoms with Crippen molar-refractivity contribution in [2.75, 3.05) is 18.9 Å². The standard InChI is InChI=1S/C18H18N2O5S/c21-17(19-10-5-11-26-16-8-2-1-3-9-16)13-25-18(22)14-6-4-7-15(12-14)20(23)24/h1-4,6-9,12H,5,10-11,13H2,(H,19,21). The van der Waals surface area contributed by atoms with Crippen LogP contribution in [-0.4, -0.2) is 35.7 Å². The molecule has 0 bridgehead atoms. The molecule has 0 heterocycles. The molecule has 136 valence electrons. The number of nitrogens with one attached hydrogen (secondary N) is 1. The molecule has 2 aromatic rings. The van der Waals surface area contributed by atoms with Gasteiger partial charge in [-0.15, -0.1) is 11.8 Å². The fraction of sp³-hybridized carbons (Fsp3) is 0.222. The zero-order valence-electron chi connectivity index (χ0n) is 13.9. The van der Waals surface area contributed by atoms with E-state index >= 15 is 0 Å². The van der Waals surface area contributed by atoms with Crippen molar-refractivity contribution in [1.82, 2.24) is 5.32 Å². The smallest absolute Gasteiger partial charge is 0.338 e. The van der Waals surface area contributed by atoms with Gasteiger partial charge in [0.25, 0.3) is 11.6 Å². The highest BCUT2D eigenvalue weighted by Crippen LogP contribution is 2.17. The molecule has 0 aliphatic rings. The minimum atomic E-state index is -0.775. The number of nitro groups is 1. The van der Waals surface area contributed by atoms with Gasteiger partial charge in [-0.3, -0.25) is 14.9 Å². The molecule has 2 aromatic carbocycles. The van der Waals surface area contributed by atoms with Gasteiger partial charge < -0.3 is 10.1 Å². The maximum absolute atomic E-state index is 11.8. The third-order valence-corrected chi connectivity index (χ3v) is 4.38. The van der Waals surface area contributed by atoms with Crippen molar-refractivity contribution in [1.29, 1.82) is 0 Å². The third-order valence-electron chi connectivity index (χ3n) is 3.28. The molecular formula is C18H18N2O5S. The minimum absolute atomic E-state index is 0.0336. The molecule has 0 aromatic heterocycles. The van der Waals surface area contributed by atoms with Gasteiger partial charge in [0.15, 0.2) is 6.61 Å². The van der Waals surface area contributed by atoms with E-state index in [2.05, 4.69) is 5.32 Å². The zero-order valence-corrected chi connectivity index (χ0v) is 14.7. The Bertz CT molecular complexity index is 767. The van der Waals surface area contributed by atoms with Crippen LogP contribution in [-0.2, 0) is 9.53 Å². The summed E-state index contributed by atoms with van der Waals surface area (Å²) in [6, 6.07) is 15.1. The van der Waals surface area contributed by atoms with Crippen molar-refractivity contribution in [3.05, 3.63) is 70.3 Å². The number of hydrogen-bond acceptors (Lipinski definition) is 6. The molecule has 26 heavy (non-hydrogen) atoms. The minimum Gasteiger partial charge on any atom is -0.452 e. The molecule has 0 aliphatic heterocycles. The van der Waals surface area contributed by atoms with Gasteiger partial charge in [0.1, 0.15) is 0 Å². The van der Waals surface area contributed by atoms with Crippen molar-refractivity contribution in [2.24, 2.45) is 0 Å². The summed E-state index contributed by atoms with van der Waals surface area (Å²) >= 11 is 1.70. The van der Waals surface area contributed by atoms with Crippen molar-refractivity contribution < 1.29 is 19.2 Å². The Morgan fingerprint density at radius 3 is 2.62 bits per heavy atom. The van der Waals surface area contributed by atoms with Gasteiger partial charge in [-0.25, -0.2) is 4.79 Å². The second kappa shape index (κ2) is 10.2. The van der Waals surface area contributed by atoms with Crippen molar-refractivity contribution in [2.45, 2.75) is 11.3 Å². The van der Waals surface area contributed by atoms with Crippen LogP contribution in [0.1, 0.15) is 16.8 Å². The highest BCUT2D eigenvalue weighted by molar-refractivity contribution is 7.99. The van der Waals surface area contributed by atoms with Gasteiger partial charge in [0, 0.05) is 23.6 Å². The number of carbonyl (C=O) groups excluding carboxylic acids is 2. The second-order valence-electron chi connectivity index (χ2n) is 5.25. The van der Waals surface area contributed by atoms with E-state index in [4.69, 9.17) is 4.74 Å². The monoisotopic (exact) mass is 374 g/mol. The Labute approximate surface area is 154 Å². The Morgan fingerprint density at radius 2 is 1.88 bits per heavy atom. The van der Waals surface area contributed by atoms with E-state index in [1.165, 1.54) is 23.1 Å². The first-order valence-corrected chi connectivity index (χ1v) is 8.91. The fourth-order valence-corrected chi connectivity index (χ4v) is 2.89. The average Bonchev–Trinajstić information content (AvgIpc) is 2.66. The number of non-ortho nitro benzene ring substituents is 1. The number of thioether (sulfide) groups is 1. The zero-order chi connectivity index (χ0) is 18.8. The number of carbonyl (C=O) groups is 2. The second-order valence-corrected chi connectivity index (χ2v) is 6.42. The normalized spacial score (nSPS) is 10.2. The van der Waals surface area contributed by atoms with Crippen LogP contribution in [0.3, 0.4) is 0 Å². The van der Waals surface area contributed by atoms with E-state index in [0.29, 0.717) is 6.54 Å². The number of nitro benzene ring substituents is 1. The molecule has 0 saturated carbocycles. The first-order valence-electron chi connectivity index (χ1n) is 7.92. The van der Waals surface area contributed by atoms with Crippen LogP contribution in [0, 0.1) is 10.1 Å². The molecule has 0 saturated heterocycles. The quantitative estimate of drug-likeness (QED) is 0.238. The highest BCUT2D eigenvalue weighted by Gasteiger charge is 2.13. The van der Waals surface area contributed by atoms with Crippen LogP contribution in [0.15, 0.2) is 59.5 Å². The Hall–Kier alpha value is -2.87. The molecule has 0 unspecified atom stereocenters. The maximum atomic E-state index is 11.8. The number of benzene rings is 2. The number of rotatable bonds is 9. The molecule has 1 amide bonds. The summed E-state index contributed by atoms with van der Waals surface area (Å²) in [7, 11) is 0. The summed E-state index contributed by atoms with van der Waals surface area (Å²) in [5, 5.41) is 13.4. The van der Waals surface area contributed by atoms with Crippen LogP contribution in [0.4, 0.5) is 5.69 Å². The van der Waals surface area contributed by atoms with Crippen LogP contribution >= 0.6 is 11.8 Å². The summed E-state index contributed by atoms with van der Waals surface area (Å²) < 4.78 is 4.87. The van der Waals surface area contributed by atoms with Crippen LogP contribution < -0.4 is 5.32 Å². The number of amides is 1. The van der Waals surface area contributed by atoms with Gasteiger partial charge >= 0.3 is 5.97 Å². The first-order chi connectivity index (χ1) is 12.6. The van der Waals surface area contributed by atoms with Crippen LogP contribution in [0.25, 0.3) is 0 Å². The van der Waals surface area contributed by atoms with Gasteiger partial charge in [0.2, 0.25) is 0 Å². The molecule has 0 atom stereocenters. The molecular weight excluding hydrogens is 356 g/mol. The lowest BCUT2D eigenvalue weighted by molar-refractivity contribution is -0.384. The van der Waals surface area contributed by atoms with Crippen LogP contribution in [0.2, 0.25) is 0 Å². The van der Waals surface area contributed by atoms with Crippen molar-refractivity contribution in [3.8, 4) is 0 Å². The summed E-state index contributed by atoms with van der Waals surface area (Å²) in [4.78, 5) is 34.8. The first kappa shape index (κ1) is 19.5. The number of hydrogen-bond donors (Lipinski definition) is 1. The van der Waals surface area contributed by atoms with E-state index in [1.54, 1.807) is 11.8 Å². The largest absolute Gasteiger partial charge is 0.452 e. The van der Waals surface area contributed by atoms with Gasteiger partial charge in [0.05, 0.1) is 10.5 Å². The third kappa shape index (κ3) is 6.56. The molecule has 0 radical (unpaired) electrons. The summed E-state index contributed by atoms with van der Waals surface area (Å²) in [5.41, 5.74) is -0.175. The molecule has 7 nitrogen and oxygen atoms in total. The van der Waals surface area contributed by atoms with Gasteiger partial charge in [-0.1, -0.05) is 24.3 Å². The van der Waals surface area contributed by atoms with E-state index in [0.717, 1.165) is 18.2 Å². The SMILES string of the molecule is O=C(COC(=O)c1cccc([N+](=O)[O-])c1)NCCCSc1ccccc1. The Kier molecular flexibility index (Phi) is 7.63. The number of ether oxygens (including phenoxy) is 1. The van der Waals surface area contributed by atoms with E-state index in [9.17, 15) is 19.7 Å². The van der Waals surface area contributed by atoms with Crippen molar-refractivity contribution >= 4 is 29.3 Å². The predicted octanol–water partition coefficient (Wildman–Crippen LogP) is 3.05. The molecule has 2 rings (SSSR count). The Balaban J connectivity index is 1.64. The maximum Gasteiger partial charge on any atom is 0.338 e. The molecule has 0 fully saturated rings. The van der Waals surface area contributed by atoms with E-state index in [1.807, 2.05) is 30.3 Å². The lowest BCUT2D eigenvalue weighted by atomic mass is 10.2. The topological polar surface area (TPSA) is 98.5 Å². The average molecular weight is 374 g/mol. The lowest BCUT2D eigenvalue weighted by Crippen LogP contribution is -2.29. The highest BCUT2D eigenvalue weighted by atomic mass is 32.2. The van der Waals surface area contributed by atoms with Gasteiger partial charge in [-0.05, 0) is 30.4 Å². The molecule has 8 heteroatoms. The van der Waals surface area contributed by atoms with E-state index < -0.39 is 23.4 Å². The number of nitrogens with zero attached hydrogens (tertiary/aromatic N) is 1. The summed E-state index contributed by atoms with van der Waals surface area (Å²) in [5.74, 6) is -0.324. The Morgan fingerprint density at radius 1 is 1.12 bits per heavy atom. The van der Waals surface area contributed by atoms with Crippen molar-refractivity contribution in [3.63, 3.8) is 0 Å². The van der Waals surface area contributed by atoms with E-state index in [-0.39, 0.29) is 11.3 Å². The van der Waals surface area contributed by atoms with Crippen LogP contribution in [0.5, 0.6) is 0 Å². The lowest BCUT2D eigenvalue weighted by Gasteiger charge is -2.07. The summed E-state index contributed by atoms with van der Waals surface area (Å²) in [6.07, 6.45) is 0.782. The predicted molar refractivity (Wildman–Crippen MR) is 98.2 cm³/mol. The fourth-order valence-electron chi connectivity index (χ4n) is 2.02. The molecule has 1 N–H and O–H groups in total. The molecule has 0 aliphatic carbocycles. The summed E-state index contributed by atoms with van der Waals surface area (Å²) in [6.45, 7) is 0.0559. The number of esters is 1. The van der Waals surface area contributed by atoms with Gasteiger partial charge in [-0.2, -0.15) is 0 Å². The molecule has 0 spiro atoms.